The molecule has 4 heteroatoms. The molecule has 2 atom stereocenters. The van der Waals surface area contributed by atoms with Gasteiger partial charge in [0.05, 0.1) is 5.56 Å². The number of hydrogen-bond donors (Lipinski definition) is 2. The quantitative estimate of drug-likeness (QED) is 0.812. The molecule has 1 aliphatic rings. The smallest absolute Gasteiger partial charge is 0.254 e. The first-order valence-corrected chi connectivity index (χ1v) is 6.80. The Bertz CT molecular complexity index is 559. The summed E-state index contributed by atoms with van der Waals surface area (Å²) in [7, 11) is 0. The maximum Gasteiger partial charge on any atom is 0.254 e. The lowest BCUT2D eigenvalue weighted by Crippen LogP contribution is -2.33. The van der Waals surface area contributed by atoms with Gasteiger partial charge in [-0.1, -0.05) is 18.8 Å². The second kappa shape index (κ2) is 6.53. The molecule has 1 aromatic rings. The highest BCUT2D eigenvalue weighted by atomic mass is 19.1. The number of hydrogen-bond acceptors (Lipinski definition) is 2. The van der Waals surface area contributed by atoms with Gasteiger partial charge in [0, 0.05) is 11.6 Å². The minimum atomic E-state index is -0.585. The van der Waals surface area contributed by atoms with Crippen LogP contribution in [-0.4, -0.2) is 23.7 Å². The number of nitrogens with one attached hydrogen (secondary N) is 1. The van der Waals surface area contributed by atoms with Crippen molar-refractivity contribution in [2.75, 3.05) is 6.61 Å². The van der Waals surface area contributed by atoms with Crippen LogP contribution in [0.1, 0.15) is 42.1 Å². The lowest BCUT2D eigenvalue weighted by molar-refractivity contribution is 0.0933. The van der Waals surface area contributed by atoms with Crippen LogP contribution in [0, 0.1) is 23.6 Å². The molecule has 2 N–H and O–H groups in total. The van der Waals surface area contributed by atoms with E-state index in [-0.39, 0.29) is 24.1 Å². The van der Waals surface area contributed by atoms with Gasteiger partial charge in [-0.25, -0.2) is 4.39 Å². The Balaban J connectivity index is 2.06. The zero-order valence-electron chi connectivity index (χ0n) is 11.4. The van der Waals surface area contributed by atoms with E-state index in [1.807, 2.05) is 0 Å². The van der Waals surface area contributed by atoms with Crippen LogP contribution in [-0.2, 0) is 0 Å². The van der Waals surface area contributed by atoms with Crippen molar-refractivity contribution >= 4 is 5.91 Å². The van der Waals surface area contributed by atoms with E-state index >= 15 is 0 Å². The molecule has 0 saturated heterocycles. The standard InChI is InChI=1S/C16H18FNO2/c1-11-4-6-13(9-11)18-16(20)14-7-5-12(3-2-8-19)10-15(14)17/h5,7,10-11,13,19H,4,6,8-9H2,1H3,(H,18,20). The lowest BCUT2D eigenvalue weighted by atomic mass is 10.1. The number of benzene rings is 1. The largest absolute Gasteiger partial charge is 0.384 e. The van der Waals surface area contributed by atoms with Gasteiger partial charge in [-0.15, -0.1) is 0 Å². The average molecular weight is 275 g/mol. The van der Waals surface area contributed by atoms with E-state index in [1.165, 1.54) is 12.1 Å². The van der Waals surface area contributed by atoms with E-state index in [0.29, 0.717) is 11.5 Å². The highest BCUT2D eigenvalue weighted by Gasteiger charge is 2.24. The van der Waals surface area contributed by atoms with Crippen molar-refractivity contribution in [3.8, 4) is 11.8 Å². The van der Waals surface area contributed by atoms with E-state index in [1.54, 1.807) is 6.07 Å². The minimum Gasteiger partial charge on any atom is -0.384 e. The molecule has 1 saturated carbocycles. The van der Waals surface area contributed by atoms with Crippen molar-refractivity contribution in [1.29, 1.82) is 0 Å². The van der Waals surface area contributed by atoms with Gasteiger partial charge in [-0.05, 0) is 43.4 Å². The molecule has 1 amide bonds. The van der Waals surface area contributed by atoms with Gasteiger partial charge in [0.15, 0.2) is 0 Å². The summed E-state index contributed by atoms with van der Waals surface area (Å²) in [5.41, 5.74) is 0.488. The molecule has 20 heavy (non-hydrogen) atoms. The van der Waals surface area contributed by atoms with Crippen molar-refractivity contribution in [2.45, 2.75) is 32.2 Å². The van der Waals surface area contributed by atoms with Crippen LogP contribution in [0.15, 0.2) is 18.2 Å². The molecule has 3 nitrogen and oxygen atoms in total. The first-order valence-electron chi connectivity index (χ1n) is 6.80. The summed E-state index contributed by atoms with van der Waals surface area (Å²) in [6.07, 6.45) is 3.01. The fourth-order valence-electron chi connectivity index (χ4n) is 2.52. The van der Waals surface area contributed by atoms with Gasteiger partial charge in [0.25, 0.3) is 5.91 Å². The number of carbonyl (C=O) groups excluding carboxylic acids is 1. The van der Waals surface area contributed by atoms with E-state index in [4.69, 9.17) is 5.11 Å². The number of carbonyl (C=O) groups is 1. The molecule has 0 aromatic heterocycles. The number of amides is 1. The van der Waals surface area contributed by atoms with Crippen molar-refractivity contribution in [1.82, 2.24) is 5.32 Å². The first-order chi connectivity index (χ1) is 9.60. The summed E-state index contributed by atoms with van der Waals surface area (Å²) in [6, 6.07) is 4.38. The predicted molar refractivity (Wildman–Crippen MR) is 74.6 cm³/mol. The zero-order chi connectivity index (χ0) is 14.5. The second-order valence-electron chi connectivity index (χ2n) is 5.24. The third-order valence-corrected chi connectivity index (χ3v) is 3.56. The van der Waals surface area contributed by atoms with Crippen molar-refractivity contribution < 1.29 is 14.3 Å². The molecule has 0 radical (unpaired) electrons. The third-order valence-electron chi connectivity index (χ3n) is 3.56. The van der Waals surface area contributed by atoms with Gasteiger partial charge in [0.1, 0.15) is 12.4 Å². The van der Waals surface area contributed by atoms with Crippen LogP contribution in [0.5, 0.6) is 0 Å². The molecule has 1 aromatic carbocycles. The van der Waals surface area contributed by atoms with Crippen LogP contribution in [0.25, 0.3) is 0 Å². The molecule has 2 unspecified atom stereocenters. The second-order valence-corrected chi connectivity index (χ2v) is 5.24. The Morgan fingerprint density at radius 3 is 2.90 bits per heavy atom. The Kier molecular flexibility index (Phi) is 4.75. The minimum absolute atomic E-state index is 0.0408. The highest BCUT2D eigenvalue weighted by molar-refractivity contribution is 5.94. The molecule has 0 heterocycles. The molecule has 0 aliphatic heterocycles. The summed E-state index contributed by atoms with van der Waals surface area (Å²) in [4.78, 5) is 12.0. The maximum atomic E-state index is 13.9. The van der Waals surface area contributed by atoms with Gasteiger partial charge >= 0.3 is 0 Å². The zero-order valence-corrected chi connectivity index (χ0v) is 11.4. The average Bonchev–Trinajstić information content (AvgIpc) is 2.81. The lowest BCUT2D eigenvalue weighted by Gasteiger charge is -2.12. The Morgan fingerprint density at radius 2 is 2.30 bits per heavy atom. The molecular weight excluding hydrogens is 257 g/mol. The van der Waals surface area contributed by atoms with Gasteiger partial charge in [-0.2, -0.15) is 0 Å². The van der Waals surface area contributed by atoms with Crippen LogP contribution in [0.4, 0.5) is 4.39 Å². The van der Waals surface area contributed by atoms with Gasteiger partial charge < -0.3 is 10.4 Å². The molecule has 0 spiro atoms. The van der Waals surface area contributed by atoms with E-state index in [0.717, 1.165) is 19.3 Å². The first kappa shape index (κ1) is 14.5. The van der Waals surface area contributed by atoms with Crippen LogP contribution >= 0.6 is 0 Å². The molecule has 106 valence electrons. The summed E-state index contributed by atoms with van der Waals surface area (Å²) >= 11 is 0. The normalized spacial score (nSPS) is 21.1. The van der Waals surface area contributed by atoms with Crippen LogP contribution in [0.2, 0.25) is 0 Å². The monoisotopic (exact) mass is 275 g/mol. The summed E-state index contributed by atoms with van der Waals surface area (Å²) in [6.45, 7) is 1.88. The van der Waals surface area contributed by atoms with Gasteiger partial charge in [-0.3, -0.25) is 4.79 Å². The topological polar surface area (TPSA) is 49.3 Å². The molecule has 1 aliphatic carbocycles. The van der Waals surface area contributed by atoms with Gasteiger partial charge in [0.2, 0.25) is 0 Å². The third kappa shape index (κ3) is 3.58. The van der Waals surface area contributed by atoms with Crippen LogP contribution in [0.3, 0.4) is 0 Å². The fraction of sp³-hybridized carbons (Fsp3) is 0.438. The van der Waals surface area contributed by atoms with E-state index in [2.05, 4.69) is 24.1 Å². The number of aliphatic hydroxyl groups excluding tert-OH is 1. The highest BCUT2D eigenvalue weighted by Crippen LogP contribution is 2.25. The number of rotatable bonds is 2. The summed E-state index contributed by atoms with van der Waals surface area (Å²) in [5, 5.41) is 11.5. The number of halogens is 1. The van der Waals surface area contributed by atoms with E-state index in [9.17, 15) is 9.18 Å². The van der Waals surface area contributed by atoms with Crippen LogP contribution < -0.4 is 5.32 Å². The summed E-state index contributed by atoms with van der Waals surface area (Å²) in [5.74, 6) is 4.71. The Labute approximate surface area is 118 Å². The van der Waals surface area contributed by atoms with E-state index < -0.39 is 5.82 Å². The van der Waals surface area contributed by atoms with Crippen molar-refractivity contribution in [3.63, 3.8) is 0 Å². The Hall–Kier alpha value is -1.86. The number of aliphatic hydroxyl groups is 1. The van der Waals surface area contributed by atoms with Crippen molar-refractivity contribution in [3.05, 3.63) is 35.1 Å². The molecule has 2 rings (SSSR count). The molecule has 0 bridgehead atoms. The SMILES string of the molecule is CC1CCC(NC(=O)c2ccc(C#CCO)cc2F)C1. The molecule has 1 fully saturated rings. The molecular formula is C16H18FNO2. The van der Waals surface area contributed by atoms with Crippen molar-refractivity contribution in [2.24, 2.45) is 5.92 Å². The maximum absolute atomic E-state index is 13.9. The Morgan fingerprint density at radius 1 is 1.50 bits per heavy atom. The fourth-order valence-corrected chi connectivity index (χ4v) is 2.52. The predicted octanol–water partition coefficient (Wildman–Crippen LogP) is 2.09. The summed E-state index contributed by atoms with van der Waals surface area (Å²) < 4.78 is 13.9.